The lowest BCUT2D eigenvalue weighted by atomic mass is 10.1. The van der Waals surface area contributed by atoms with Gasteiger partial charge in [-0.3, -0.25) is 25.2 Å². The summed E-state index contributed by atoms with van der Waals surface area (Å²) in [5, 5.41) is 3.25. The minimum absolute atomic E-state index is 0.246. The predicted octanol–water partition coefficient (Wildman–Crippen LogP) is 4.46. The first-order valence-corrected chi connectivity index (χ1v) is 11.0. The van der Waals surface area contributed by atoms with Crippen molar-refractivity contribution >= 4 is 35.0 Å². The Bertz CT molecular complexity index is 1180. The van der Waals surface area contributed by atoms with Crippen LogP contribution in [-0.4, -0.2) is 30.9 Å². The topological polar surface area (TPSA) is 106 Å². The molecule has 0 radical (unpaired) electrons. The number of carbonyl (C=O) groups excluding carboxylic acids is 3. The van der Waals surface area contributed by atoms with E-state index in [0.29, 0.717) is 41.0 Å². The number of anilines is 1. The highest BCUT2D eigenvalue weighted by Gasteiger charge is 2.14. The molecule has 0 aliphatic rings. The van der Waals surface area contributed by atoms with Gasteiger partial charge in [0.1, 0.15) is 0 Å². The first-order valence-electron chi connectivity index (χ1n) is 10.6. The molecule has 0 bridgehead atoms. The molecular formula is C25H24ClN3O5. The van der Waals surface area contributed by atoms with Crippen LogP contribution < -0.4 is 25.6 Å². The highest BCUT2D eigenvalue weighted by molar-refractivity contribution is 6.30. The lowest BCUT2D eigenvalue weighted by Gasteiger charge is -2.13. The first kappa shape index (κ1) is 24.6. The van der Waals surface area contributed by atoms with Gasteiger partial charge in [0.2, 0.25) is 0 Å². The number of amides is 3. The molecule has 3 aromatic carbocycles. The molecule has 8 nitrogen and oxygen atoms in total. The van der Waals surface area contributed by atoms with Gasteiger partial charge in [-0.15, -0.1) is 0 Å². The minimum atomic E-state index is -0.549. The zero-order chi connectivity index (χ0) is 24.5. The number of hydrogen-bond acceptors (Lipinski definition) is 5. The highest BCUT2D eigenvalue weighted by atomic mass is 35.5. The normalized spacial score (nSPS) is 10.2. The summed E-state index contributed by atoms with van der Waals surface area (Å²) >= 11 is 5.85. The molecule has 3 rings (SSSR count). The van der Waals surface area contributed by atoms with E-state index in [-0.39, 0.29) is 17.0 Å². The van der Waals surface area contributed by atoms with E-state index in [1.807, 2.05) is 13.8 Å². The monoisotopic (exact) mass is 481 g/mol. The Morgan fingerprint density at radius 3 is 1.94 bits per heavy atom. The van der Waals surface area contributed by atoms with Gasteiger partial charge in [-0.25, -0.2) is 0 Å². The molecule has 3 N–H and O–H groups in total. The molecule has 9 heteroatoms. The summed E-state index contributed by atoms with van der Waals surface area (Å²) in [4.78, 5) is 37.4. The first-order chi connectivity index (χ1) is 16.4. The van der Waals surface area contributed by atoms with Crippen molar-refractivity contribution < 1.29 is 23.9 Å². The molecule has 0 aromatic heterocycles. The van der Waals surface area contributed by atoms with Gasteiger partial charge in [-0.2, -0.15) is 0 Å². The summed E-state index contributed by atoms with van der Waals surface area (Å²) in [7, 11) is 0. The van der Waals surface area contributed by atoms with Crippen molar-refractivity contribution in [3.8, 4) is 11.5 Å². The second-order valence-corrected chi connectivity index (χ2v) is 7.41. The molecule has 0 aliphatic heterocycles. The number of halogens is 1. The zero-order valence-corrected chi connectivity index (χ0v) is 19.4. The number of rotatable bonds is 8. The van der Waals surface area contributed by atoms with Crippen LogP contribution >= 0.6 is 11.6 Å². The maximum Gasteiger partial charge on any atom is 0.269 e. The van der Waals surface area contributed by atoms with Gasteiger partial charge in [0.25, 0.3) is 17.7 Å². The van der Waals surface area contributed by atoms with Crippen LogP contribution in [0.25, 0.3) is 0 Å². The van der Waals surface area contributed by atoms with Crippen LogP contribution in [0, 0.1) is 0 Å². The molecule has 0 unspecified atom stereocenters. The summed E-state index contributed by atoms with van der Waals surface area (Å²) in [5.41, 5.74) is 6.13. The van der Waals surface area contributed by atoms with Crippen molar-refractivity contribution in [1.82, 2.24) is 10.9 Å². The second kappa shape index (κ2) is 11.7. The molecule has 0 saturated heterocycles. The maximum atomic E-state index is 12.5. The molecule has 0 saturated carbocycles. The van der Waals surface area contributed by atoms with Gasteiger partial charge in [0, 0.05) is 27.4 Å². The Hall–Kier alpha value is -4.04. The smallest absolute Gasteiger partial charge is 0.269 e. The van der Waals surface area contributed by atoms with Crippen molar-refractivity contribution in [3.63, 3.8) is 0 Å². The summed E-state index contributed by atoms with van der Waals surface area (Å²) in [5.74, 6) is -0.450. The summed E-state index contributed by atoms with van der Waals surface area (Å²) < 4.78 is 11.0. The number of ether oxygens (including phenoxy) is 2. The van der Waals surface area contributed by atoms with Gasteiger partial charge < -0.3 is 14.8 Å². The van der Waals surface area contributed by atoms with Crippen molar-refractivity contribution in [2.24, 2.45) is 0 Å². The van der Waals surface area contributed by atoms with Crippen molar-refractivity contribution in [2.45, 2.75) is 13.8 Å². The highest BCUT2D eigenvalue weighted by Crippen LogP contribution is 2.28. The van der Waals surface area contributed by atoms with Crippen molar-refractivity contribution in [3.05, 3.63) is 88.4 Å². The molecular weight excluding hydrogens is 458 g/mol. The third-order valence-corrected chi connectivity index (χ3v) is 4.84. The lowest BCUT2D eigenvalue weighted by Crippen LogP contribution is -2.41. The van der Waals surface area contributed by atoms with E-state index in [0.717, 1.165) is 0 Å². The average molecular weight is 482 g/mol. The Labute approximate surface area is 202 Å². The zero-order valence-electron chi connectivity index (χ0n) is 18.7. The number of hydrogen-bond donors (Lipinski definition) is 3. The number of carbonyl (C=O) groups is 3. The van der Waals surface area contributed by atoms with Gasteiger partial charge in [-0.1, -0.05) is 17.7 Å². The molecule has 34 heavy (non-hydrogen) atoms. The Kier molecular flexibility index (Phi) is 8.48. The van der Waals surface area contributed by atoms with E-state index in [1.165, 1.54) is 6.07 Å². The van der Waals surface area contributed by atoms with E-state index in [1.54, 1.807) is 60.7 Å². The fraction of sp³-hybridized carbons (Fsp3) is 0.160. The largest absolute Gasteiger partial charge is 0.490 e. The van der Waals surface area contributed by atoms with Crippen LogP contribution in [-0.2, 0) is 0 Å². The molecule has 0 fully saturated rings. The van der Waals surface area contributed by atoms with Gasteiger partial charge >= 0.3 is 0 Å². The van der Waals surface area contributed by atoms with Gasteiger partial charge in [0.05, 0.1) is 13.2 Å². The number of hydrazine groups is 1. The average Bonchev–Trinajstić information content (AvgIpc) is 2.84. The fourth-order valence-electron chi connectivity index (χ4n) is 2.99. The van der Waals surface area contributed by atoms with E-state index in [4.69, 9.17) is 21.1 Å². The van der Waals surface area contributed by atoms with E-state index in [9.17, 15) is 14.4 Å². The van der Waals surface area contributed by atoms with Crippen LogP contribution in [0.5, 0.6) is 11.5 Å². The van der Waals surface area contributed by atoms with Crippen LogP contribution in [0.15, 0.2) is 66.7 Å². The molecule has 0 heterocycles. The molecule has 0 aliphatic carbocycles. The Balaban J connectivity index is 1.62. The van der Waals surface area contributed by atoms with Crippen LogP contribution in [0.4, 0.5) is 5.69 Å². The van der Waals surface area contributed by atoms with E-state index in [2.05, 4.69) is 16.2 Å². The molecule has 176 valence electrons. The molecule has 0 atom stereocenters. The fourth-order valence-corrected chi connectivity index (χ4v) is 3.12. The second-order valence-electron chi connectivity index (χ2n) is 6.98. The molecule has 3 amide bonds. The van der Waals surface area contributed by atoms with Crippen LogP contribution in [0.3, 0.4) is 0 Å². The summed E-state index contributed by atoms with van der Waals surface area (Å²) in [6, 6.07) is 17.5. The molecule has 3 aromatic rings. The Morgan fingerprint density at radius 1 is 0.706 bits per heavy atom. The van der Waals surface area contributed by atoms with Gasteiger partial charge in [-0.05, 0) is 74.5 Å². The molecule has 0 spiro atoms. The predicted molar refractivity (Wildman–Crippen MR) is 130 cm³/mol. The van der Waals surface area contributed by atoms with E-state index < -0.39 is 11.8 Å². The SMILES string of the molecule is CCOc1ccc(C(=O)NNC(=O)c2cccc(NC(=O)c3ccc(Cl)cc3)c2)cc1OCC. The van der Waals surface area contributed by atoms with E-state index >= 15 is 0 Å². The Morgan fingerprint density at radius 2 is 1.29 bits per heavy atom. The minimum Gasteiger partial charge on any atom is -0.490 e. The van der Waals surface area contributed by atoms with Crippen LogP contribution in [0.2, 0.25) is 5.02 Å². The van der Waals surface area contributed by atoms with Crippen LogP contribution in [0.1, 0.15) is 44.9 Å². The summed E-state index contributed by atoms with van der Waals surface area (Å²) in [6.07, 6.45) is 0. The third kappa shape index (κ3) is 6.49. The van der Waals surface area contributed by atoms with Crippen molar-refractivity contribution in [1.29, 1.82) is 0 Å². The lowest BCUT2D eigenvalue weighted by molar-refractivity contribution is 0.0846. The number of nitrogens with one attached hydrogen (secondary N) is 3. The quantitative estimate of drug-likeness (QED) is 0.412. The summed E-state index contributed by atoms with van der Waals surface area (Å²) in [6.45, 7) is 4.55. The van der Waals surface area contributed by atoms with Gasteiger partial charge in [0.15, 0.2) is 11.5 Å². The number of benzene rings is 3. The standard InChI is InChI=1S/C25H24ClN3O5/c1-3-33-21-13-10-18(15-22(21)34-4-2)25(32)29-28-24(31)17-6-5-7-20(14-17)27-23(30)16-8-11-19(26)12-9-16/h5-15H,3-4H2,1-2H3,(H,27,30)(H,28,31)(H,29,32). The van der Waals surface area contributed by atoms with Crippen molar-refractivity contribution in [2.75, 3.05) is 18.5 Å². The third-order valence-electron chi connectivity index (χ3n) is 4.58. The maximum absolute atomic E-state index is 12.5.